The normalized spacial score (nSPS) is 11.1. The Morgan fingerprint density at radius 3 is 2.00 bits per heavy atom. The van der Waals surface area contributed by atoms with Gasteiger partial charge in [0.05, 0.1) is 0 Å². The molecule has 0 N–H and O–H groups in total. The van der Waals surface area contributed by atoms with Crippen molar-refractivity contribution in [2.24, 2.45) is 0 Å². The number of hydrogen-bond donors (Lipinski definition) is 1. The van der Waals surface area contributed by atoms with Crippen LogP contribution in [0.4, 0.5) is 0 Å². The maximum absolute atomic E-state index is 4.66. The van der Waals surface area contributed by atoms with Gasteiger partial charge in [-0.15, -0.1) is 12.6 Å². The van der Waals surface area contributed by atoms with Crippen LogP contribution < -0.4 is 0 Å². The van der Waals surface area contributed by atoms with E-state index in [4.69, 9.17) is 0 Å². The van der Waals surface area contributed by atoms with E-state index in [1.165, 1.54) is 58.2 Å². The molecule has 2 rings (SSSR count). The number of hydrogen-bond acceptors (Lipinski definition) is 1. The first-order valence-electron chi connectivity index (χ1n) is 9.47. The summed E-state index contributed by atoms with van der Waals surface area (Å²) in [6.07, 6.45) is 6.99. The van der Waals surface area contributed by atoms with Crippen LogP contribution >= 0.6 is 12.6 Å². The first-order chi connectivity index (χ1) is 11.5. The number of aryl methyl sites for hydroxylation is 3. The highest BCUT2D eigenvalue weighted by atomic mass is 32.1. The molecular weight excluding hydrogens is 308 g/mol. The Kier molecular flexibility index (Phi) is 6.98. The molecule has 0 aromatic heterocycles. The molecule has 2 aromatic rings. The van der Waals surface area contributed by atoms with Crippen molar-refractivity contribution < 1.29 is 0 Å². The van der Waals surface area contributed by atoms with Crippen LogP contribution in [0.25, 0.3) is 11.1 Å². The summed E-state index contributed by atoms with van der Waals surface area (Å²) in [6, 6.07) is 9.36. The maximum atomic E-state index is 4.66. The van der Waals surface area contributed by atoms with E-state index in [-0.39, 0.29) is 0 Å². The molecule has 0 bridgehead atoms. The van der Waals surface area contributed by atoms with Crippen molar-refractivity contribution in [3.8, 4) is 11.1 Å². The molecule has 0 aliphatic rings. The maximum Gasteiger partial charge on any atom is 0.00724 e. The van der Waals surface area contributed by atoms with Gasteiger partial charge in [0.2, 0.25) is 0 Å². The third-order valence-electron chi connectivity index (χ3n) is 4.96. The fourth-order valence-corrected chi connectivity index (χ4v) is 3.86. The zero-order valence-corrected chi connectivity index (χ0v) is 16.9. The Labute approximate surface area is 154 Å². The summed E-state index contributed by atoms with van der Waals surface area (Å²) in [5.74, 6) is 0. The second-order valence-electron chi connectivity index (χ2n) is 6.92. The molecule has 0 spiro atoms. The molecule has 0 aliphatic carbocycles. The van der Waals surface area contributed by atoms with Crippen molar-refractivity contribution in [2.45, 2.75) is 78.0 Å². The molecule has 24 heavy (non-hydrogen) atoms. The van der Waals surface area contributed by atoms with Crippen LogP contribution in [0.5, 0.6) is 0 Å². The van der Waals surface area contributed by atoms with Gasteiger partial charge < -0.3 is 0 Å². The zero-order valence-electron chi connectivity index (χ0n) is 16.0. The molecule has 0 fully saturated rings. The molecule has 0 saturated carbocycles. The average molecular weight is 341 g/mol. The van der Waals surface area contributed by atoms with E-state index < -0.39 is 0 Å². The van der Waals surface area contributed by atoms with Crippen molar-refractivity contribution in [2.75, 3.05) is 0 Å². The Morgan fingerprint density at radius 1 is 0.750 bits per heavy atom. The smallest absolute Gasteiger partial charge is 0.00724 e. The Morgan fingerprint density at radius 2 is 1.38 bits per heavy atom. The van der Waals surface area contributed by atoms with E-state index in [1.807, 2.05) is 0 Å². The lowest BCUT2D eigenvalue weighted by Gasteiger charge is -2.19. The summed E-state index contributed by atoms with van der Waals surface area (Å²) in [5, 5.41) is 0. The highest BCUT2D eigenvalue weighted by molar-refractivity contribution is 7.80. The van der Waals surface area contributed by atoms with Crippen LogP contribution in [-0.2, 0) is 19.3 Å². The second-order valence-corrected chi connectivity index (χ2v) is 7.40. The lowest BCUT2D eigenvalue weighted by Crippen LogP contribution is -2.01. The molecule has 0 aliphatic heterocycles. The first kappa shape index (κ1) is 19.1. The number of thiol groups is 1. The molecule has 0 saturated heterocycles. The quantitative estimate of drug-likeness (QED) is 0.510. The lowest BCUT2D eigenvalue weighted by atomic mass is 9.86. The van der Waals surface area contributed by atoms with Gasteiger partial charge in [-0.25, -0.2) is 0 Å². The van der Waals surface area contributed by atoms with Crippen LogP contribution in [0.1, 0.15) is 67.9 Å². The van der Waals surface area contributed by atoms with Gasteiger partial charge in [-0.05, 0) is 78.1 Å². The van der Waals surface area contributed by atoms with Gasteiger partial charge in [0.25, 0.3) is 0 Å². The predicted octanol–water partition coefficient (Wildman–Crippen LogP) is 7.12. The van der Waals surface area contributed by atoms with E-state index in [1.54, 1.807) is 0 Å². The van der Waals surface area contributed by atoms with Crippen LogP contribution in [0.15, 0.2) is 29.2 Å². The molecule has 130 valence electrons. The summed E-state index contributed by atoms with van der Waals surface area (Å²) < 4.78 is 0. The molecule has 2 aromatic carbocycles. The molecular formula is C23H32S. The number of rotatable bonds is 7. The molecule has 0 radical (unpaired) electrons. The van der Waals surface area contributed by atoms with Crippen molar-refractivity contribution in [3.05, 3.63) is 52.1 Å². The zero-order chi connectivity index (χ0) is 17.7. The van der Waals surface area contributed by atoms with Crippen LogP contribution in [0, 0.1) is 13.8 Å². The minimum atomic E-state index is 1.11. The molecule has 0 heterocycles. The van der Waals surface area contributed by atoms with Crippen molar-refractivity contribution >= 4 is 12.6 Å². The van der Waals surface area contributed by atoms with Gasteiger partial charge in [-0.1, -0.05) is 58.2 Å². The van der Waals surface area contributed by atoms with Gasteiger partial charge in [0.1, 0.15) is 0 Å². The summed E-state index contributed by atoms with van der Waals surface area (Å²) in [6.45, 7) is 11.3. The minimum Gasteiger partial charge on any atom is -0.143 e. The monoisotopic (exact) mass is 340 g/mol. The number of benzene rings is 2. The van der Waals surface area contributed by atoms with E-state index in [0.717, 1.165) is 24.2 Å². The van der Waals surface area contributed by atoms with Gasteiger partial charge in [-0.2, -0.15) is 0 Å². The van der Waals surface area contributed by atoms with Crippen LogP contribution in [-0.4, -0.2) is 0 Å². The van der Waals surface area contributed by atoms with Crippen molar-refractivity contribution in [1.29, 1.82) is 0 Å². The lowest BCUT2D eigenvalue weighted by molar-refractivity contribution is 0.891. The topological polar surface area (TPSA) is 0 Å². The first-order valence-corrected chi connectivity index (χ1v) is 9.92. The highest BCUT2D eigenvalue weighted by Crippen LogP contribution is 2.35. The molecule has 0 nitrogen and oxygen atoms in total. The third-order valence-corrected chi connectivity index (χ3v) is 5.44. The van der Waals surface area contributed by atoms with Gasteiger partial charge in [0.15, 0.2) is 0 Å². The average Bonchev–Trinajstić information content (AvgIpc) is 2.55. The molecule has 0 atom stereocenters. The van der Waals surface area contributed by atoms with Gasteiger partial charge in [-0.3, -0.25) is 0 Å². The summed E-state index contributed by atoms with van der Waals surface area (Å²) in [4.78, 5) is 1.11. The third kappa shape index (κ3) is 4.06. The summed E-state index contributed by atoms with van der Waals surface area (Å²) in [5.41, 5.74) is 10.1. The Hall–Kier alpha value is -1.21. The Balaban J connectivity index is 2.69. The molecule has 0 unspecified atom stereocenters. The molecule has 1 heteroatoms. The second kappa shape index (κ2) is 8.76. The van der Waals surface area contributed by atoms with Gasteiger partial charge in [0, 0.05) is 4.90 Å². The van der Waals surface area contributed by atoms with Gasteiger partial charge >= 0.3 is 0 Å². The largest absolute Gasteiger partial charge is 0.143 e. The van der Waals surface area contributed by atoms with Crippen molar-refractivity contribution in [3.63, 3.8) is 0 Å². The van der Waals surface area contributed by atoms with Crippen molar-refractivity contribution in [1.82, 2.24) is 0 Å². The van der Waals surface area contributed by atoms with E-state index in [0.29, 0.717) is 0 Å². The SMILES string of the molecule is CCCc1cc(-c2ccc(S)c(C)c2CCC)c(CCC)cc1C. The summed E-state index contributed by atoms with van der Waals surface area (Å²) >= 11 is 4.66. The fourth-order valence-electron chi connectivity index (χ4n) is 3.65. The van der Waals surface area contributed by atoms with Crippen LogP contribution in [0.2, 0.25) is 0 Å². The fraction of sp³-hybridized carbons (Fsp3) is 0.478. The van der Waals surface area contributed by atoms with E-state index in [9.17, 15) is 0 Å². The minimum absolute atomic E-state index is 1.11. The standard InChI is InChI=1S/C23H32S/c1-6-9-18-15-22(19(10-7-2)14-16(18)4)21-12-13-23(24)17(5)20(21)11-8-3/h12-15,24H,6-11H2,1-5H3. The molecule has 0 amide bonds. The highest BCUT2D eigenvalue weighted by Gasteiger charge is 2.14. The van der Waals surface area contributed by atoms with Crippen LogP contribution in [0.3, 0.4) is 0 Å². The van der Waals surface area contributed by atoms with E-state index >= 15 is 0 Å². The Bertz CT molecular complexity index is 698. The van der Waals surface area contributed by atoms with E-state index in [2.05, 4.69) is 71.5 Å². The summed E-state index contributed by atoms with van der Waals surface area (Å²) in [7, 11) is 0. The predicted molar refractivity (Wildman–Crippen MR) is 111 cm³/mol.